The summed E-state index contributed by atoms with van der Waals surface area (Å²) in [6, 6.07) is 16.5. The summed E-state index contributed by atoms with van der Waals surface area (Å²) < 4.78 is 0. The molecule has 1 fully saturated rings. The van der Waals surface area contributed by atoms with Gasteiger partial charge in [0.1, 0.15) is 0 Å². The lowest BCUT2D eigenvalue weighted by Gasteiger charge is -2.37. The van der Waals surface area contributed by atoms with Gasteiger partial charge in [-0.05, 0) is 49.2 Å². The minimum atomic E-state index is -0.275. The Morgan fingerprint density at radius 1 is 1.03 bits per heavy atom. The van der Waals surface area contributed by atoms with Crippen molar-refractivity contribution >= 4 is 23.2 Å². The van der Waals surface area contributed by atoms with Crippen LogP contribution in [0.3, 0.4) is 0 Å². The Labute approximate surface area is 183 Å². The van der Waals surface area contributed by atoms with Crippen molar-refractivity contribution in [2.75, 3.05) is 43.4 Å². The summed E-state index contributed by atoms with van der Waals surface area (Å²) in [4.78, 5) is 29.3. The molecule has 0 unspecified atom stereocenters. The first-order chi connectivity index (χ1) is 15.0. The monoisotopic (exact) mass is 419 g/mol. The van der Waals surface area contributed by atoms with Crippen LogP contribution >= 0.6 is 0 Å². The standard InChI is InChI=1S/C24H29N5O2/c1-3-20-6-4-5-7-22(20)27-23(30)17-28-12-14-29(15-13-28)18(2)24(31)26-21-10-8-19(16-25)9-11-21/h4-11,18H,3,12-15,17H2,1-2H3,(H,26,31)(H,27,30)/t18-/m1/s1. The van der Waals surface area contributed by atoms with E-state index in [0.717, 1.165) is 43.9 Å². The Morgan fingerprint density at radius 2 is 1.71 bits per heavy atom. The molecule has 31 heavy (non-hydrogen) atoms. The summed E-state index contributed by atoms with van der Waals surface area (Å²) in [5.41, 5.74) is 3.24. The zero-order valence-corrected chi connectivity index (χ0v) is 18.1. The van der Waals surface area contributed by atoms with Crippen molar-refractivity contribution in [2.24, 2.45) is 0 Å². The highest BCUT2D eigenvalue weighted by Gasteiger charge is 2.26. The van der Waals surface area contributed by atoms with Crippen LogP contribution in [0.2, 0.25) is 0 Å². The molecule has 1 heterocycles. The summed E-state index contributed by atoms with van der Waals surface area (Å²) in [6.45, 7) is 7.22. The molecule has 0 spiro atoms. The maximum absolute atomic E-state index is 12.6. The lowest BCUT2D eigenvalue weighted by Crippen LogP contribution is -2.53. The molecular weight excluding hydrogens is 390 g/mol. The number of nitrogens with zero attached hydrogens (tertiary/aromatic N) is 3. The molecule has 2 aromatic carbocycles. The number of carbonyl (C=O) groups is 2. The molecule has 0 aliphatic carbocycles. The predicted molar refractivity (Wildman–Crippen MR) is 122 cm³/mol. The van der Waals surface area contributed by atoms with Gasteiger partial charge in [-0.15, -0.1) is 0 Å². The minimum Gasteiger partial charge on any atom is -0.325 e. The Balaban J connectivity index is 1.45. The van der Waals surface area contributed by atoms with E-state index in [1.165, 1.54) is 0 Å². The first-order valence-electron chi connectivity index (χ1n) is 10.7. The fourth-order valence-corrected chi connectivity index (χ4v) is 3.69. The largest absolute Gasteiger partial charge is 0.325 e. The van der Waals surface area contributed by atoms with E-state index in [2.05, 4.69) is 33.4 Å². The zero-order chi connectivity index (χ0) is 22.2. The number of anilines is 2. The van der Waals surface area contributed by atoms with E-state index < -0.39 is 0 Å². The van der Waals surface area contributed by atoms with E-state index in [0.29, 0.717) is 17.8 Å². The van der Waals surface area contributed by atoms with Crippen molar-refractivity contribution in [3.8, 4) is 6.07 Å². The molecule has 7 heteroatoms. The van der Waals surface area contributed by atoms with Crippen molar-refractivity contribution < 1.29 is 9.59 Å². The molecule has 7 nitrogen and oxygen atoms in total. The highest BCUT2D eigenvalue weighted by molar-refractivity contribution is 5.94. The SMILES string of the molecule is CCc1ccccc1NC(=O)CN1CCN([C@H](C)C(=O)Nc2ccc(C#N)cc2)CC1. The van der Waals surface area contributed by atoms with E-state index in [9.17, 15) is 9.59 Å². The first-order valence-corrected chi connectivity index (χ1v) is 10.7. The Hall–Kier alpha value is -3.21. The summed E-state index contributed by atoms with van der Waals surface area (Å²) in [5, 5.41) is 14.8. The number of aryl methyl sites for hydroxylation is 1. The first kappa shape index (κ1) is 22.5. The number of amides is 2. The number of carbonyl (C=O) groups excluding carboxylic acids is 2. The quantitative estimate of drug-likeness (QED) is 0.720. The fourth-order valence-electron chi connectivity index (χ4n) is 3.69. The van der Waals surface area contributed by atoms with Crippen molar-refractivity contribution in [2.45, 2.75) is 26.3 Å². The Kier molecular flexibility index (Phi) is 7.76. The molecule has 0 radical (unpaired) electrons. The fraction of sp³-hybridized carbons (Fsp3) is 0.375. The van der Waals surface area contributed by atoms with Crippen LogP contribution in [0.25, 0.3) is 0 Å². The third-order valence-electron chi connectivity index (χ3n) is 5.66. The second kappa shape index (κ2) is 10.7. The van der Waals surface area contributed by atoms with Crippen LogP contribution in [-0.2, 0) is 16.0 Å². The van der Waals surface area contributed by atoms with Gasteiger partial charge in [0.15, 0.2) is 0 Å². The number of nitrogens with one attached hydrogen (secondary N) is 2. The molecule has 0 saturated carbocycles. The third kappa shape index (κ3) is 6.14. The predicted octanol–water partition coefficient (Wildman–Crippen LogP) is 2.70. The lowest BCUT2D eigenvalue weighted by molar-refractivity contribution is -0.122. The van der Waals surface area contributed by atoms with Gasteiger partial charge in [-0.25, -0.2) is 0 Å². The van der Waals surface area contributed by atoms with Crippen LogP contribution in [0.5, 0.6) is 0 Å². The number of hydrogen-bond donors (Lipinski definition) is 2. The van der Waals surface area contributed by atoms with Gasteiger partial charge in [-0.1, -0.05) is 25.1 Å². The molecule has 1 aliphatic rings. The second-order valence-corrected chi connectivity index (χ2v) is 7.73. The number of nitriles is 1. The van der Waals surface area contributed by atoms with Crippen LogP contribution in [0, 0.1) is 11.3 Å². The smallest absolute Gasteiger partial charge is 0.241 e. The van der Waals surface area contributed by atoms with Gasteiger partial charge in [0.25, 0.3) is 0 Å². The number of benzene rings is 2. The van der Waals surface area contributed by atoms with Crippen molar-refractivity contribution in [1.29, 1.82) is 5.26 Å². The highest BCUT2D eigenvalue weighted by Crippen LogP contribution is 2.16. The van der Waals surface area contributed by atoms with Gasteiger partial charge in [-0.3, -0.25) is 19.4 Å². The van der Waals surface area contributed by atoms with E-state index in [1.54, 1.807) is 24.3 Å². The third-order valence-corrected chi connectivity index (χ3v) is 5.66. The topological polar surface area (TPSA) is 88.5 Å². The molecule has 0 aromatic heterocycles. The molecule has 2 N–H and O–H groups in total. The molecule has 3 rings (SSSR count). The zero-order valence-electron chi connectivity index (χ0n) is 18.1. The lowest BCUT2D eigenvalue weighted by atomic mass is 10.1. The number of rotatable bonds is 7. The molecule has 1 aliphatic heterocycles. The molecule has 0 bridgehead atoms. The summed E-state index contributed by atoms with van der Waals surface area (Å²) in [7, 11) is 0. The van der Waals surface area contributed by atoms with Crippen molar-refractivity contribution in [3.63, 3.8) is 0 Å². The highest BCUT2D eigenvalue weighted by atomic mass is 16.2. The van der Waals surface area contributed by atoms with Gasteiger partial charge < -0.3 is 10.6 Å². The van der Waals surface area contributed by atoms with Crippen LogP contribution in [-0.4, -0.2) is 60.4 Å². The minimum absolute atomic E-state index is 0.0130. The van der Waals surface area contributed by atoms with Crippen LogP contribution in [0.1, 0.15) is 25.0 Å². The van der Waals surface area contributed by atoms with E-state index in [4.69, 9.17) is 5.26 Å². The number of piperazine rings is 1. The van der Waals surface area contributed by atoms with E-state index in [-0.39, 0.29) is 17.9 Å². The normalized spacial score (nSPS) is 15.6. The van der Waals surface area contributed by atoms with E-state index in [1.807, 2.05) is 31.2 Å². The average Bonchev–Trinajstić information content (AvgIpc) is 2.80. The van der Waals surface area contributed by atoms with Crippen molar-refractivity contribution in [1.82, 2.24) is 9.80 Å². The Morgan fingerprint density at radius 3 is 2.35 bits per heavy atom. The maximum atomic E-state index is 12.6. The van der Waals surface area contributed by atoms with E-state index >= 15 is 0 Å². The van der Waals surface area contributed by atoms with Gasteiger partial charge in [-0.2, -0.15) is 5.26 Å². The molecule has 2 aromatic rings. The number of para-hydroxylation sites is 1. The molecular formula is C24H29N5O2. The molecule has 1 atom stereocenters. The van der Waals surface area contributed by atoms with Gasteiger partial charge >= 0.3 is 0 Å². The second-order valence-electron chi connectivity index (χ2n) is 7.73. The summed E-state index contributed by atoms with van der Waals surface area (Å²) in [5.74, 6) is -0.0898. The Bertz CT molecular complexity index is 943. The van der Waals surface area contributed by atoms with Gasteiger partial charge in [0.2, 0.25) is 11.8 Å². The van der Waals surface area contributed by atoms with Gasteiger partial charge in [0.05, 0.1) is 24.2 Å². The molecule has 2 amide bonds. The van der Waals surface area contributed by atoms with Crippen LogP contribution in [0.4, 0.5) is 11.4 Å². The molecule has 162 valence electrons. The average molecular weight is 420 g/mol. The van der Waals surface area contributed by atoms with Crippen LogP contribution < -0.4 is 10.6 Å². The van der Waals surface area contributed by atoms with Crippen molar-refractivity contribution in [3.05, 3.63) is 59.7 Å². The van der Waals surface area contributed by atoms with Crippen LogP contribution in [0.15, 0.2) is 48.5 Å². The maximum Gasteiger partial charge on any atom is 0.241 e. The van der Waals surface area contributed by atoms with Gasteiger partial charge in [0, 0.05) is 37.6 Å². The summed E-state index contributed by atoms with van der Waals surface area (Å²) >= 11 is 0. The summed E-state index contributed by atoms with van der Waals surface area (Å²) in [6.07, 6.45) is 0.873. The molecule has 1 saturated heterocycles. The number of hydrogen-bond acceptors (Lipinski definition) is 5.